The summed E-state index contributed by atoms with van der Waals surface area (Å²) in [5.74, 6) is -2.00. The van der Waals surface area contributed by atoms with E-state index in [0.29, 0.717) is 17.5 Å². The summed E-state index contributed by atoms with van der Waals surface area (Å²) >= 11 is 0. The molecule has 3 rings (SSSR count). The Bertz CT molecular complexity index is 1150. The molecule has 0 aromatic heterocycles. The third kappa shape index (κ3) is 6.92. The summed E-state index contributed by atoms with van der Waals surface area (Å²) in [6.07, 6.45) is 0.414. The Morgan fingerprint density at radius 1 is 1.00 bits per heavy atom. The van der Waals surface area contributed by atoms with Crippen molar-refractivity contribution < 1.29 is 29.0 Å². The summed E-state index contributed by atoms with van der Waals surface area (Å²) < 4.78 is 0. The SMILES string of the molecule is CCCCC(=O)N1CC(NC(=O)c2ccccc2)C(C#N)(OOC(C)=O)CC1NC(=O)c1ccccc1. The Hall–Kier alpha value is -4.23. The van der Waals surface area contributed by atoms with Crippen LogP contribution in [0.1, 0.15) is 60.2 Å². The van der Waals surface area contributed by atoms with E-state index in [1.807, 2.05) is 13.0 Å². The average Bonchev–Trinajstić information content (AvgIpc) is 2.92. The molecule has 0 spiro atoms. The van der Waals surface area contributed by atoms with Crippen molar-refractivity contribution >= 4 is 23.7 Å². The van der Waals surface area contributed by atoms with Gasteiger partial charge in [-0.1, -0.05) is 49.7 Å². The van der Waals surface area contributed by atoms with E-state index in [9.17, 15) is 24.4 Å². The van der Waals surface area contributed by atoms with Gasteiger partial charge in [0.05, 0.1) is 6.04 Å². The number of unbranched alkanes of at least 4 members (excludes halogenated alkanes) is 1. The molecule has 37 heavy (non-hydrogen) atoms. The lowest BCUT2D eigenvalue weighted by molar-refractivity contribution is -0.330. The Morgan fingerprint density at radius 3 is 2.08 bits per heavy atom. The van der Waals surface area contributed by atoms with Crippen LogP contribution < -0.4 is 10.6 Å². The molecular formula is C27H30N4O6. The van der Waals surface area contributed by atoms with E-state index in [4.69, 9.17) is 9.78 Å². The molecular weight excluding hydrogens is 476 g/mol. The van der Waals surface area contributed by atoms with Crippen LogP contribution in [0.2, 0.25) is 0 Å². The first-order valence-electron chi connectivity index (χ1n) is 12.1. The van der Waals surface area contributed by atoms with Crippen molar-refractivity contribution in [3.8, 4) is 6.07 Å². The summed E-state index contributed by atoms with van der Waals surface area (Å²) in [7, 11) is 0. The van der Waals surface area contributed by atoms with Gasteiger partial charge in [0.2, 0.25) is 11.5 Å². The van der Waals surface area contributed by atoms with Crippen LogP contribution in [0.3, 0.4) is 0 Å². The van der Waals surface area contributed by atoms with Gasteiger partial charge >= 0.3 is 5.97 Å². The fourth-order valence-electron chi connectivity index (χ4n) is 4.07. The molecule has 1 aliphatic heterocycles. The van der Waals surface area contributed by atoms with Crippen molar-refractivity contribution in [2.45, 2.75) is 57.3 Å². The van der Waals surface area contributed by atoms with Crippen LogP contribution in [-0.4, -0.2) is 52.9 Å². The van der Waals surface area contributed by atoms with E-state index in [0.717, 1.165) is 13.3 Å². The second-order valence-corrected chi connectivity index (χ2v) is 8.76. The molecule has 1 aliphatic rings. The van der Waals surface area contributed by atoms with Crippen molar-refractivity contribution in [3.63, 3.8) is 0 Å². The number of carbonyl (C=O) groups excluding carboxylic acids is 4. The van der Waals surface area contributed by atoms with Crippen molar-refractivity contribution in [2.24, 2.45) is 0 Å². The summed E-state index contributed by atoms with van der Waals surface area (Å²) in [4.78, 5) is 62.3. The normalized spacial score (nSPS) is 20.8. The number of rotatable bonds is 9. The number of carbonyl (C=O) groups is 4. The lowest BCUT2D eigenvalue weighted by Crippen LogP contribution is -2.69. The van der Waals surface area contributed by atoms with E-state index in [1.165, 1.54) is 4.90 Å². The molecule has 0 radical (unpaired) electrons. The Balaban J connectivity index is 1.95. The number of likely N-dealkylation sites (tertiary alicyclic amines) is 1. The minimum absolute atomic E-state index is 0.157. The van der Waals surface area contributed by atoms with Gasteiger partial charge in [0.15, 0.2) is 0 Å². The van der Waals surface area contributed by atoms with E-state index < -0.39 is 35.6 Å². The fraction of sp³-hybridized carbons (Fsp3) is 0.370. The molecule has 1 heterocycles. The van der Waals surface area contributed by atoms with Gasteiger partial charge in [-0.15, -0.1) is 0 Å². The summed E-state index contributed by atoms with van der Waals surface area (Å²) in [6, 6.07) is 17.7. The topological polar surface area (TPSA) is 138 Å². The summed E-state index contributed by atoms with van der Waals surface area (Å²) in [5.41, 5.74) is -1.18. The van der Waals surface area contributed by atoms with Gasteiger partial charge < -0.3 is 15.5 Å². The van der Waals surface area contributed by atoms with Crippen LogP contribution in [-0.2, 0) is 19.4 Å². The lowest BCUT2D eigenvalue weighted by Gasteiger charge is -2.46. The van der Waals surface area contributed by atoms with E-state index in [-0.39, 0.29) is 25.3 Å². The lowest BCUT2D eigenvalue weighted by atomic mass is 9.85. The maximum atomic E-state index is 13.2. The highest BCUT2D eigenvalue weighted by atomic mass is 17.2. The number of benzene rings is 2. The molecule has 194 valence electrons. The molecule has 2 aromatic carbocycles. The highest BCUT2D eigenvalue weighted by Crippen LogP contribution is 2.31. The molecule has 10 heteroatoms. The molecule has 2 aromatic rings. The quantitative estimate of drug-likeness (QED) is 0.394. The molecule has 10 nitrogen and oxygen atoms in total. The second-order valence-electron chi connectivity index (χ2n) is 8.76. The number of hydrogen-bond donors (Lipinski definition) is 2. The standard InChI is InChI=1S/C27H30N4O6/c1-3-4-15-24(33)31-17-22(29-25(34)20-11-7-5-8-12-20)27(18-28,37-36-19(2)32)16-23(31)30-26(35)21-13-9-6-10-14-21/h5-14,22-23H,3-4,15-17H2,1-2H3,(H,29,34)(H,30,35). The minimum Gasteiger partial charge on any atom is -0.343 e. The first-order chi connectivity index (χ1) is 17.8. The van der Waals surface area contributed by atoms with Gasteiger partial charge in [-0.2, -0.15) is 10.1 Å². The van der Waals surface area contributed by atoms with Crippen molar-refractivity contribution in [1.82, 2.24) is 15.5 Å². The zero-order valence-electron chi connectivity index (χ0n) is 20.8. The highest BCUT2D eigenvalue weighted by molar-refractivity contribution is 5.95. The van der Waals surface area contributed by atoms with Gasteiger partial charge in [-0.3, -0.25) is 19.3 Å². The van der Waals surface area contributed by atoms with Crippen molar-refractivity contribution in [1.29, 1.82) is 5.26 Å². The van der Waals surface area contributed by atoms with Gasteiger partial charge in [-0.25, -0.2) is 4.79 Å². The van der Waals surface area contributed by atoms with E-state index >= 15 is 0 Å². The van der Waals surface area contributed by atoms with E-state index in [1.54, 1.807) is 60.7 Å². The predicted octanol–water partition coefficient (Wildman–Crippen LogP) is 2.72. The highest BCUT2D eigenvalue weighted by Gasteiger charge is 2.53. The maximum absolute atomic E-state index is 13.2. The van der Waals surface area contributed by atoms with Gasteiger partial charge in [0, 0.05) is 37.4 Å². The maximum Gasteiger partial charge on any atom is 0.339 e. The average molecular weight is 507 g/mol. The third-order valence-electron chi connectivity index (χ3n) is 6.05. The summed E-state index contributed by atoms with van der Waals surface area (Å²) in [5, 5.41) is 15.8. The molecule has 3 amide bonds. The van der Waals surface area contributed by atoms with Crippen LogP contribution in [0.4, 0.5) is 0 Å². The molecule has 0 aliphatic carbocycles. The number of hydrogen-bond acceptors (Lipinski definition) is 7. The van der Waals surface area contributed by atoms with Crippen LogP contribution in [0.15, 0.2) is 60.7 Å². The molecule has 1 saturated heterocycles. The number of nitrogens with zero attached hydrogens (tertiary/aromatic N) is 2. The number of nitriles is 1. The first kappa shape index (κ1) is 27.4. The molecule has 1 fully saturated rings. The van der Waals surface area contributed by atoms with Crippen LogP contribution in [0.5, 0.6) is 0 Å². The number of nitrogens with one attached hydrogen (secondary N) is 2. The molecule has 2 N–H and O–H groups in total. The van der Waals surface area contributed by atoms with Crippen molar-refractivity contribution in [2.75, 3.05) is 6.54 Å². The Kier molecular flexibility index (Phi) is 9.35. The van der Waals surface area contributed by atoms with Crippen LogP contribution >= 0.6 is 0 Å². The van der Waals surface area contributed by atoms with Crippen molar-refractivity contribution in [3.05, 3.63) is 71.8 Å². The number of piperidine rings is 1. The van der Waals surface area contributed by atoms with Crippen LogP contribution in [0, 0.1) is 11.3 Å². The van der Waals surface area contributed by atoms with Crippen LogP contribution in [0.25, 0.3) is 0 Å². The molecule has 3 unspecified atom stereocenters. The minimum atomic E-state index is -1.88. The fourth-order valence-corrected chi connectivity index (χ4v) is 4.07. The largest absolute Gasteiger partial charge is 0.343 e. The Labute approximate surface area is 215 Å². The number of amides is 3. The smallest absolute Gasteiger partial charge is 0.339 e. The molecule has 3 atom stereocenters. The van der Waals surface area contributed by atoms with E-state index in [2.05, 4.69) is 10.6 Å². The Morgan fingerprint density at radius 2 is 1.57 bits per heavy atom. The van der Waals surface area contributed by atoms with Gasteiger partial charge in [-0.05, 0) is 30.7 Å². The first-order valence-corrected chi connectivity index (χ1v) is 12.1. The monoisotopic (exact) mass is 506 g/mol. The third-order valence-corrected chi connectivity index (χ3v) is 6.05. The predicted molar refractivity (Wildman–Crippen MR) is 132 cm³/mol. The summed E-state index contributed by atoms with van der Waals surface area (Å²) in [6.45, 7) is 2.91. The second kappa shape index (κ2) is 12.6. The zero-order chi connectivity index (χ0) is 26.8. The van der Waals surface area contributed by atoms with Gasteiger partial charge in [0.1, 0.15) is 12.2 Å². The molecule has 0 saturated carbocycles. The molecule has 0 bridgehead atoms. The zero-order valence-corrected chi connectivity index (χ0v) is 20.8. The van der Waals surface area contributed by atoms with Gasteiger partial charge in [0.25, 0.3) is 11.8 Å².